The number of anilines is 1. The van der Waals surface area contributed by atoms with Gasteiger partial charge in [0.15, 0.2) is 0 Å². The lowest BCUT2D eigenvalue weighted by atomic mass is 10.1. The first-order valence-corrected chi connectivity index (χ1v) is 12.8. The number of benzene rings is 3. The highest BCUT2D eigenvalue weighted by Gasteiger charge is 2.18. The number of fused-ring (bicyclic) bond motifs is 1. The number of para-hydroxylation sites is 3. The van der Waals surface area contributed by atoms with Gasteiger partial charge in [-0.05, 0) is 62.2 Å². The molecule has 7 heteroatoms. The van der Waals surface area contributed by atoms with E-state index in [1.165, 1.54) is 0 Å². The van der Waals surface area contributed by atoms with Crippen molar-refractivity contribution in [1.82, 2.24) is 14.9 Å². The molecule has 0 radical (unpaired) electrons. The van der Waals surface area contributed by atoms with Gasteiger partial charge >= 0.3 is 0 Å². The molecule has 1 heterocycles. The van der Waals surface area contributed by atoms with Crippen molar-refractivity contribution in [3.8, 4) is 0 Å². The van der Waals surface area contributed by atoms with Crippen LogP contribution in [0.5, 0.6) is 0 Å². The summed E-state index contributed by atoms with van der Waals surface area (Å²) in [7, 11) is 0. The average Bonchev–Trinajstić information content (AvgIpc) is 3.24. The van der Waals surface area contributed by atoms with E-state index in [9.17, 15) is 9.59 Å². The summed E-state index contributed by atoms with van der Waals surface area (Å²) in [4.78, 5) is 32.2. The van der Waals surface area contributed by atoms with Gasteiger partial charge in [0.2, 0.25) is 5.91 Å². The lowest BCUT2D eigenvalue weighted by Gasteiger charge is -2.22. The van der Waals surface area contributed by atoms with E-state index in [1.807, 2.05) is 66.1 Å². The zero-order chi connectivity index (χ0) is 25.3. The lowest BCUT2D eigenvalue weighted by Crippen LogP contribution is -2.34. The second-order valence-electron chi connectivity index (χ2n) is 8.65. The number of likely N-dealkylation sites (N-methyl/N-ethyl adjacent to an activating group) is 1. The molecule has 0 fully saturated rings. The number of imidazole rings is 1. The van der Waals surface area contributed by atoms with Gasteiger partial charge in [0.1, 0.15) is 12.4 Å². The maximum Gasteiger partial charge on any atom is 0.251 e. The molecular weight excluding hydrogens is 472 g/mol. The van der Waals surface area contributed by atoms with Gasteiger partial charge in [0.25, 0.3) is 5.91 Å². The smallest absolute Gasteiger partial charge is 0.251 e. The van der Waals surface area contributed by atoms with Gasteiger partial charge in [-0.25, -0.2) is 4.98 Å². The second kappa shape index (κ2) is 12.4. The van der Waals surface area contributed by atoms with Crippen LogP contribution in [0.15, 0.2) is 78.9 Å². The first kappa shape index (κ1) is 25.5. The molecule has 0 bridgehead atoms. The zero-order valence-electron chi connectivity index (χ0n) is 20.5. The molecule has 0 spiro atoms. The molecule has 0 saturated carbocycles. The topological polar surface area (TPSA) is 67.2 Å². The highest BCUT2D eigenvalue weighted by molar-refractivity contribution is 6.30. The lowest BCUT2D eigenvalue weighted by molar-refractivity contribution is -0.119. The molecule has 36 heavy (non-hydrogen) atoms. The third-order valence-electron chi connectivity index (χ3n) is 6.16. The van der Waals surface area contributed by atoms with E-state index in [1.54, 1.807) is 29.2 Å². The Hall–Kier alpha value is -3.64. The minimum absolute atomic E-state index is 0.0387. The molecule has 2 amide bonds. The molecule has 0 unspecified atom stereocenters. The number of carbonyl (C=O) groups excluding carboxylic acids is 2. The summed E-state index contributed by atoms with van der Waals surface area (Å²) >= 11 is 5.97. The van der Waals surface area contributed by atoms with Crippen molar-refractivity contribution in [1.29, 1.82) is 0 Å². The number of nitrogens with one attached hydrogen (secondary N) is 1. The van der Waals surface area contributed by atoms with E-state index < -0.39 is 0 Å². The largest absolute Gasteiger partial charge is 0.352 e. The third-order valence-corrected chi connectivity index (χ3v) is 6.40. The number of carbonyl (C=O) groups is 2. The number of rotatable bonds is 11. The van der Waals surface area contributed by atoms with Gasteiger partial charge in [-0.15, -0.1) is 0 Å². The molecule has 0 atom stereocenters. The normalized spacial score (nSPS) is 10.9. The Labute approximate surface area is 216 Å². The van der Waals surface area contributed by atoms with Crippen molar-refractivity contribution in [3.63, 3.8) is 0 Å². The van der Waals surface area contributed by atoms with Crippen LogP contribution in [0.4, 0.5) is 5.69 Å². The van der Waals surface area contributed by atoms with Crippen molar-refractivity contribution < 1.29 is 9.59 Å². The Balaban J connectivity index is 1.35. The highest BCUT2D eigenvalue weighted by Crippen LogP contribution is 2.20. The molecular formula is C29H31ClN4O2. The number of amides is 2. The number of halogens is 1. The van der Waals surface area contributed by atoms with Crippen molar-refractivity contribution in [3.05, 3.63) is 95.3 Å². The minimum Gasteiger partial charge on any atom is -0.352 e. The zero-order valence-corrected chi connectivity index (χ0v) is 21.2. The van der Waals surface area contributed by atoms with E-state index in [-0.39, 0.29) is 18.4 Å². The monoisotopic (exact) mass is 502 g/mol. The van der Waals surface area contributed by atoms with E-state index >= 15 is 0 Å². The summed E-state index contributed by atoms with van der Waals surface area (Å²) in [6.45, 7) is 3.44. The van der Waals surface area contributed by atoms with Gasteiger partial charge in [-0.3, -0.25) is 9.59 Å². The maximum atomic E-state index is 13.3. The number of aryl methyl sites for hydroxylation is 1. The van der Waals surface area contributed by atoms with Gasteiger partial charge in [0, 0.05) is 35.8 Å². The summed E-state index contributed by atoms with van der Waals surface area (Å²) < 4.78 is 2.05. The molecule has 0 aliphatic heterocycles. The standard InChI is InChI=1S/C29H31ClN4O2/c1-2-33(24-14-5-3-6-15-24)28(35)21-34-26-17-9-8-16-25(26)32-27(34)18-7-4-10-19-31-29(36)22-12-11-13-23(30)20-22/h3,5-6,8-9,11-17,20H,2,4,7,10,18-19,21H2,1H3,(H,31,36). The van der Waals surface area contributed by atoms with Crippen LogP contribution in [0, 0.1) is 0 Å². The maximum absolute atomic E-state index is 13.3. The number of hydrogen-bond donors (Lipinski definition) is 1. The van der Waals surface area contributed by atoms with Crippen LogP contribution in [0.25, 0.3) is 11.0 Å². The predicted octanol–water partition coefficient (Wildman–Crippen LogP) is 5.89. The van der Waals surface area contributed by atoms with Crippen LogP contribution < -0.4 is 10.2 Å². The quantitative estimate of drug-likeness (QED) is 0.260. The summed E-state index contributed by atoms with van der Waals surface area (Å²) in [5, 5.41) is 3.50. The van der Waals surface area contributed by atoms with Crippen molar-refractivity contribution in [2.24, 2.45) is 0 Å². The molecule has 4 aromatic rings. The second-order valence-corrected chi connectivity index (χ2v) is 9.09. The Morgan fingerprint density at radius 1 is 0.944 bits per heavy atom. The Bertz CT molecular complexity index is 1320. The summed E-state index contributed by atoms with van der Waals surface area (Å²) in [6, 6.07) is 24.6. The van der Waals surface area contributed by atoms with Crippen LogP contribution in [0.3, 0.4) is 0 Å². The molecule has 1 N–H and O–H groups in total. The molecule has 3 aromatic carbocycles. The SMILES string of the molecule is CCN(C(=O)Cn1c(CCCCCNC(=O)c2cccc(Cl)c2)nc2ccccc21)c1ccccc1. The summed E-state index contributed by atoms with van der Waals surface area (Å²) in [5.41, 5.74) is 3.34. The van der Waals surface area contributed by atoms with Crippen LogP contribution in [0.1, 0.15) is 42.4 Å². The third kappa shape index (κ3) is 6.32. The van der Waals surface area contributed by atoms with Crippen LogP contribution in [0.2, 0.25) is 5.02 Å². The van der Waals surface area contributed by atoms with Gasteiger partial charge < -0.3 is 14.8 Å². The number of nitrogens with zero attached hydrogens (tertiary/aromatic N) is 3. The number of hydrogen-bond acceptors (Lipinski definition) is 3. The van der Waals surface area contributed by atoms with E-state index in [0.29, 0.717) is 23.7 Å². The fraction of sp³-hybridized carbons (Fsp3) is 0.276. The van der Waals surface area contributed by atoms with E-state index in [2.05, 4.69) is 5.32 Å². The fourth-order valence-corrected chi connectivity index (χ4v) is 4.53. The minimum atomic E-state index is -0.114. The summed E-state index contributed by atoms with van der Waals surface area (Å²) in [6.07, 6.45) is 3.49. The van der Waals surface area contributed by atoms with Crippen LogP contribution in [-0.2, 0) is 17.8 Å². The fourth-order valence-electron chi connectivity index (χ4n) is 4.34. The molecule has 0 saturated heterocycles. The first-order valence-electron chi connectivity index (χ1n) is 12.4. The first-order chi connectivity index (χ1) is 17.6. The van der Waals surface area contributed by atoms with E-state index in [0.717, 1.165) is 48.2 Å². The van der Waals surface area contributed by atoms with Gasteiger partial charge in [-0.1, -0.05) is 54.4 Å². The Morgan fingerprint density at radius 3 is 2.50 bits per heavy atom. The van der Waals surface area contributed by atoms with Crippen molar-refractivity contribution in [2.75, 3.05) is 18.0 Å². The molecule has 4 rings (SSSR count). The van der Waals surface area contributed by atoms with Crippen molar-refractivity contribution >= 4 is 40.1 Å². The van der Waals surface area contributed by atoms with Gasteiger partial charge in [0.05, 0.1) is 11.0 Å². The summed E-state index contributed by atoms with van der Waals surface area (Å²) in [5.74, 6) is 0.838. The number of unbranched alkanes of at least 4 members (excludes halogenated alkanes) is 2. The van der Waals surface area contributed by atoms with Crippen LogP contribution >= 0.6 is 11.6 Å². The Morgan fingerprint density at radius 2 is 1.72 bits per heavy atom. The predicted molar refractivity (Wildman–Crippen MR) is 146 cm³/mol. The van der Waals surface area contributed by atoms with Crippen molar-refractivity contribution in [2.45, 2.75) is 39.2 Å². The molecule has 186 valence electrons. The molecule has 0 aliphatic rings. The molecule has 0 aliphatic carbocycles. The molecule has 6 nitrogen and oxygen atoms in total. The highest BCUT2D eigenvalue weighted by atomic mass is 35.5. The average molecular weight is 503 g/mol. The molecule has 1 aromatic heterocycles. The van der Waals surface area contributed by atoms with Crippen LogP contribution in [-0.4, -0.2) is 34.5 Å². The van der Waals surface area contributed by atoms with Gasteiger partial charge in [-0.2, -0.15) is 0 Å². The van der Waals surface area contributed by atoms with E-state index in [4.69, 9.17) is 16.6 Å². The Kier molecular flexibility index (Phi) is 8.74. The number of aromatic nitrogens is 2.